The number of rotatable bonds is 8. The zero-order valence-electron chi connectivity index (χ0n) is 19.2. The number of carboxylic acid groups (broad SMARTS) is 1. The van der Waals surface area contributed by atoms with Crippen LogP contribution in [0.1, 0.15) is 46.0 Å². The number of carbonyl (C=O) groups is 1. The molecule has 4 N–H and O–H groups in total. The second-order valence-electron chi connectivity index (χ2n) is 8.86. The molecule has 0 aromatic heterocycles. The molecule has 12 heteroatoms. The Balaban J connectivity index is 0.00000480. The predicted molar refractivity (Wildman–Crippen MR) is 104 cm³/mol. The monoisotopic (exact) mass is 492 g/mol. The molecule has 0 bridgehead atoms. The number of aliphatic carboxylic acids is 1. The Morgan fingerprint density at radius 3 is 2.31 bits per heavy atom. The van der Waals surface area contributed by atoms with E-state index >= 15 is 0 Å². The van der Waals surface area contributed by atoms with Crippen LogP contribution in [0.5, 0.6) is 0 Å². The summed E-state index contributed by atoms with van der Waals surface area (Å²) in [4.78, 5) is 11.4. The van der Waals surface area contributed by atoms with Crippen molar-refractivity contribution in [3.8, 4) is 0 Å². The molecule has 0 radical (unpaired) electrons. The van der Waals surface area contributed by atoms with E-state index in [1.165, 1.54) is 6.08 Å². The van der Waals surface area contributed by atoms with Crippen LogP contribution >= 0.6 is 0 Å². The van der Waals surface area contributed by atoms with Gasteiger partial charge in [-0.05, 0) is 43.4 Å². The van der Waals surface area contributed by atoms with Gasteiger partial charge in [0.15, 0.2) is 0 Å². The van der Waals surface area contributed by atoms with Gasteiger partial charge in [0.25, 0.3) is 0 Å². The smallest absolute Gasteiger partial charge is 0.748 e. The summed E-state index contributed by atoms with van der Waals surface area (Å²) in [5.74, 6) is -2.60. The molecule has 1 fully saturated rings. The molecule has 2 aliphatic carbocycles. The third-order valence-electron chi connectivity index (χ3n) is 7.10. The summed E-state index contributed by atoms with van der Waals surface area (Å²) in [5.41, 5.74) is -1.10. The number of hydrogen-bond acceptors (Lipinski definition) is 9. The first-order valence-electron chi connectivity index (χ1n) is 9.94. The van der Waals surface area contributed by atoms with E-state index in [4.69, 9.17) is 5.11 Å². The molecule has 2 rings (SSSR count). The van der Waals surface area contributed by atoms with Crippen molar-refractivity contribution in [2.24, 2.45) is 16.7 Å². The van der Waals surface area contributed by atoms with Crippen molar-refractivity contribution in [3.63, 3.8) is 0 Å². The summed E-state index contributed by atoms with van der Waals surface area (Å²) in [6, 6.07) is 0. The van der Waals surface area contributed by atoms with Crippen molar-refractivity contribution in [2.75, 3.05) is 19.0 Å². The van der Waals surface area contributed by atoms with E-state index in [0.717, 1.165) is 0 Å². The van der Waals surface area contributed by atoms with Crippen LogP contribution < -0.4 is 64.2 Å². The van der Waals surface area contributed by atoms with E-state index in [0.29, 0.717) is 30.4 Å². The van der Waals surface area contributed by atoms with Gasteiger partial charge in [-0.15, -0.1) is 0 Å². The van der Waals surface area contributed by atoms with E-state index in [1.807, 2.05) is 6.92 Å². The Bertz CT molecular complexity index is 842. The summed E-state index contributed by atoms with van der Waals surface area (Å²) in [5, 5.41) is 50.8. The Labute approximate surface area is 233 Å². The maximum atomic E-state index is 11.5. The number of carboxylic acids is 1. The summed E-state index contributed by atoms with van der Waals surface area (Å²) < 4.78 is 34.5. The average molecular weight is 492 g/mol. The number of aliphatic hydroxyl groups excluding tert-OH is 4. The average Bonchev–Trinajstić information content (AvgIpc) is 2.65. The molecular formula is C20H30Na2O9S. The van der Waals surface area contributed by atoms with Gasteiger partial charge in [-0.2, -0.15) is 0 Å². The second kappa shape index (κ2) is 12.6. The molecule has 172 valence electrons. The van der Waals surface area contributed by atoms with Gasteiger partial charge < -0.3 is 34.9 Å². The van der Waals surface area contributed by atoms with Gasteiger partial charge in [0.1, 0.15) is 6.10 Å². The second-order valence-corrected chi connectivity index (χ2v) is 10.3. The van der Waals surface area contributed by atoms with E-state index < -0.39 is 57.1 Å². The van der Waals surface area contributed by atoms with Gasteiger partial charge >= 0.3 is 59.1 Å². The first-order chi connectivity index (χ1) is 13.8. The molecule has 2 aliphatic rings. The minimum absolute atomic E-state index is 0. The standard InChI is InChI=1S/C20H32O9S.2Na/c1-19-8-7-17(24)20(2,11-22)16(19)6-3-12(10-30(27,28)29)14(19)5-4-13(18(25)26)15(23)9-21;;/h4,15-17,21-24H,3,5-11H2,1-2H3,(H,25,26)(H,27,28,29);;/q;2*+1/p-2/b13-4+;;/t15-,16?,17-,19+,20+;;/m1../s1. The van der Waals surface area contributed by atoms with Crippen LogP contribution in [0.4, 0.5) is 0 Å². The Kier molecular flexibility index (Phi) is 12.9. The zero-order chi connectivity index (χ0) is 22.9. The van der Waals surface area contributed by atoms with Crippen LogP contribution in [-0.4, -0.2) is 70.5 Å². The minimum atomic E-state index is -4.59. The van der Waals surface area contributed by atoms with Gasteiger partial charge in [-0.3, -0.25) is 0 Å². The van der Waals surface area contributed by atoms with Crippen molar-refractivity contribution in [3.05, 3.63) is 22.8 Å². The molecule has 1 unspecified atom stereocenters. The van der Waals surface area contributed by atoms with E-state index in [1.54, 1.807) is 6.92 Å². The number of carbonyl (C=O) groups excluding carboxylic acids is 1. The number of hydrogen-bond donors (Lipinski definition) is 4. The Morgan fingerprint density at radius 1 is 1.25 bits per heavy atom. The maximum Gasteiger partial charge on any atom is 1.00 e. The zero-order valence-corrected chi connectivity index (χ0v) is 24.0. The van der Waals surface area contributed by atoms with Crippen molar-refractivity contribution >= 4 is 16.1 Å². The molecule has 1 saturated carbocycles. The van der Waals surface area contributed by atoms with Crippen molar-refractivity contribution < 1.29 is 102 Å². The van der Waals surface area contributed by atoms with Crippen LogP contribution in [0.15, 0.2) is 22.8 Å². The summed E-state index contributed by atoms with van der Waals surface area (Å²) >= 11 is 0. The molecule has 0 heterocycles. The minimum Gasteiger partial charge on any atom is -0.748 e. The molecule has 0 saturated heterocycles. The SMILES string of the molecule is C[C@@]12CC[C@@H](O)[C@@](C)(CO)C1CCC(CS(=O)(=O)[O-])=C2C/C=C(/C(=O)[O-])[C@H](O)CO.[Na+].[Na+]. The van der Waals surface area contributed by atoms with E-state index in [9.17, 15) is 38.2 Å². The third kappa shape index (κ3) is 6.89. The van der Waals surface area contributed by atoms with Gasteiger partial charge in [0, 0.05) is 11.0 Å². The molecular weight excluding hydrogens is 462 g/mol. The molecule has 0 amide bonds. The molecule has 0 aromatic carbocycles. The van der Waals surface area contributed by atoms with Gasteiger partial charge in [-0.25, -0.2) is 8.42 Å². The predicted octanol–water partition coefficient (Wildman–Crippen LogP) is -7.17. The van der Waals surface area contributed by atoms with Crippen LogP contribution in [0.2, 0.25) is 0 Å². The Hall–Kier alpha value is 0.700. The summed E-state index contributed by atoms with van der Waals surface area (Å²) in [6.45, 7) is 2.54. The van der Waals surface area contributed by atoms with Crippen LogP contribution in [0, 0.1) is 16.7 Å². The van der Waals surface area contributed by atoms with Gasteiger partial charge in [-0.1, -0.05) is 31.1 Å². The van der Waals surface area contributed by atoms with E-state index in [2.05, 4.69) is 0 Å². The normalized spacial score (nSPS) is 31.8. The molecule has 0 aliphatic heterocycles. The fraction of sp³-hybridized carbons (Fsp3) is 0.750. The van der Waals surface area contributed by atoms with Crippen LogP contribution in [-0.2, 0) is 14.9 Å². The first-order valence-corrected chi connectivity index (χ1v) is 11.5. The van der Waals surface area contributed by atoms with Gasteiger partial charge in [0.05, 0.1) is 41.2 Å². The molecule has 5 atom stereocenters. The largest absolute Gasteiger partial charge is 1.00 e. The first kappa shape index (κ1) is 32.7. The van der Waals surface area contributed by atoms with Crippen LogP contribution in [0.3, 0.4) is 0 Å². The fourth-order valence-electron chi connectivity index (χ4n) is 5.41. The van der Waals surface area contributed by atoms with Crippen molar-refractivity contribution in [1.29, 1.82) is 0 Å². The molecule has 0 spiro atoms. The quantitative estimate of drug-likeness (QED) is 0.111. The molecule has 32 heavy (non-hydrogen) atoms. The summed E-state index contributed by atoms with van der Waals surface area (Å²) in [6.07, 6.45) is 0.242. The van der Waals surface area contributed by atoms with Crippen molar-refractivity contribution in [2.45, 2.75) is 58.2 Å². The number of aliphatic hydroxyl groups is 4. The third-order valence-corrected chi connectivity index (χ3v) is 7.80. The van der Waals surface area contributed by atoms with Crippen LogP contribution in [0.25, 0.3) is 0 Å². The van der Waals surface area contributed by atoms with Gasteiger partial charge in [0.2, 0.25) is 0 Å². The van der Waals surface area contributed by atoms with Crippen molar-refractivity contribution in [1.82, 2.24) is 0 Å². The number of fused-ring (bicyclic) bond motifs is 1. The molecule has 0 aromatic rings. The van der Waals surface area contributed by atoms with E-state index in [-0.39, 0.29) is 84.5 Å². The fourth-order valence-corrected chi connectivity index (χ4v) is 6.16. The molecule has 9 nitrogen and oxygen atoms in total. The maximum absolute atomic E-state index is 11.5. The topological polar surface area (TPSA) is 178 Å². The summed E-state index contributed by atoms with van der Waals surface area (Å²) in [7, 11) is -4.59. The number of allylic oxidation sites excluding steroid dienone is 2. The Morgan fingerprint density at radius 2 is 1.84 bits per heavy atom.